The fourth-order valence-electron chi connectivity index (χ4n) is 2.66. The van der Waals surface area contributed by atoms with Crippen LogP contribution in [0.4, 0.5) is 5.95 Å². The number of aromatic nitrogens is 3. The number of esters is 1. The average molecular weight is 336 g/mol. The summed E-state index contributed by atoms with van der Waals surface area (Å²) in [4.78, 5) is 25.0. The fraction of sp³-hybridized carbons (Fsp3) is 0.263. The molecule has 0 amide bonds. The molecule has 3 rings (SSSR count). The van der Waals surface area contributed by atoms with Gasteiger partial charge in [-0.1, -0.05) is 25.5 Å². The lowest BCUT2D eigenvalue weighted by Gasteiger charge is -2.08. The van der Waals surface area contributed by atoms with Crippen molar-refractivity contribution in [3.8, 4) is 11.3 Å². The third kappa shape index (κ3) is 3.57. The highest BCUT2D eigenvalue weighted by Gasteiger charge is 2.11. The number of nitrogen functional groups attached to an aromatic ring is 1. The summed E-state index contributed by atoms with van der Waals surface area (Å²) in [5.41, 5.74) is 10.4. The first-order valence-electron chi connectivity index (χ1n) is 8.33. The number of benzene rings is 1. The van der Waals surface area contributed by atoms with Crippen LogP contribution in [0.3, 0.4) is 0 Å². The second kappa shape index (κ2) is 7.25. The van der Waals surface area contributed by atoms with Gasteiger partial charge in [0.1, 0.15) is 5.52 Å². The standard InChI is InChI=1S/C19H20N4O2/c1-3-5-15-17-16(23-19(20)22-15)11-10-14(21-17)12-6-8-13(9-7-12)18(24)25-4-2/h6-11H,3-5H2,1-2H3,(H2,20,22,23). The third-order valence-electron chi connectivity index (χ3n) is 3.81. The van der Waals surface area contributed by atoms with Gasteiger partial charge in [-0.15, -0.1) is 0 Å². The molecule has 0 bridgehead atoms. The van der Waals surface area contributed by atoms with E-state index in [9.17, 15) is 4.79 Å². The first-order valence-corrected chi connectivity index (χ1v) is 8.33. The van der Waals surface area contributed by atoms with Crippen molar-refractivity contribution < 1.29 is 9.53 Å². The van der Waals surface area contributed by atoms with Gasteiger partial charge in [0.2, 0.25) is 5.95 Å². The van der Waals surface area contributed by atoms with Crippen LogP contribution in [0.1, 0.15) is 36.3 Å². The molecule has 2 aromatic heterocycles. The van der Waals surface area contributed by atoms with E-state index in [2.05, 4.69) is 16.9 Å². The van der Waals surface area contributed by atoms with Crippen LogP contribution >= 0.6 is 0 Å². The molecule has 0 aliphatic carbocycles. The van der Waals surface area contributed by atoms with E-state index in [1.807, 2.05) is 24.3 Å². The lowest BCUT2D eigenvalue weighted by molar-refractivity contribution is 0.0526. The number of carbonyl (C=O) groups is 1. The summed E-state index contributed by atoms with van der Waals surface area (Å²) in [6, 6.07) is 11.0. The molecular weight excluding hydrogens is 316 g/mol. The number of rotatable bonds is 5. The van der Waals surface area contributed by atoms with Crippen molar-refractivity contribution in [3.05, 3.63) is 47.7 Å². The van der Waals surface area contributed by atoms with Crippen LogP contribution in [-0.2, 0) is 11.2 Å². The molecule has 1 aromatic carbocycles. The van der Waals surface area contributed by atoms with E-state index in [-0.39, 0.29) is 11.9 Å². The minimum atomic E-state index is -0.324. The van der Waals surface area contributed by atoms with Crippen LogP contribution < -0.4 is 5.73 Å². The van der Waals surface area contributed by atoms with Crippen LogP contribution in [0.15, 0.2) is 36.4 Å². The average Bonchev–Trinajstić information content (AvgIpc) is 2.62. The Morgan fingerprint density at radius 1 is 1.04 bits per heavy atom. The molecule has 25 heavy (non-hydrogen) atoms. The molecule has 0 saturated carbocycles. The Labute approximate surface area is 146 Å². The molecule has 0 radical (unpaired) electrons. The quantitative estimate of drug-likeness (QED) is 0.718. The van der Waals surface area contributed by atoms with Gasteiger partial charge < -0.3 is 10.5 Å². The topological polar surface area (TPSA) is 91.0 Å². The molecule has 0 atom stereocenters. The monoisotopic (exact) mass is 336 g/mol. The van der Waals surface area contributed by atoms with Crippen molar-refractivity contribution in [3.63, 3.8) is 0 Å². The Morgan fingerprint density at radius 3 is 2.48 bits per heavy atom. The summed E-state index contributed by atoms with van der Waals surface area (Å²) < 4.78 is 5.00. The molecule has 0 aliphatic rings. The number of nitrogens with two attached hydrogens (primary N) is 1. The lowest BCUT2D eigenvalue weighted by Crippen LogP contribution is -2.04. The Bertz CT molecular complexity index is 907. The molecule has 0 fully saturated rings. The molecule has 0 unspecified atom stereocenters. The van der Waals surface area contributed by atoms with Gasteiger partial charge in [0.15, 0.2) is 0 Å². The molecule has 3 aromatic rings. The molecule has 2 N–H and O–H groups in total. The first-order chi connectivity index (χ1) is 12.1. The van der Waals surface area contributed by atoms with Gasteiger partial charge >= 0.3 is 5.97 Å². The molecule has 6 heteroatoms. The molecule has 0 saturated heterocycles. The van der Waals surface area contributed by atoms with Gasteiger partial charge in [0, 0.05) is 5.56 Å². The highest BCUT2D eigenvalue weighted by atomic mass is 16.5. The molecule has 128 valence electrons. The fourth-order valence-corrected chi connectivity index (χ4v) is 2.66. The smallest absolute Gasteiger partial charge is 0.338 e. The second-order valence-corrected chi connectivity index (χ2v) is 5.64. The number of hydrogen-bond acceptors (Lipinski definition) is 6. The maximum Gasteiger partial charge on any atom is 0.338 e. The summed E-state index contributed by atoms with van der Waals surface area (Å²) in [7, 11) is 0. The summed E-state index contributed by atoms with van der Waals surface area (Å²) in [6.07, 6.45) is 1.74. The predicted molar refractivity (Wildman–Crippen MR) is 97.1 cm³/mol. The zero-order chi connectivity index (χ0) is 17.8. The van der Waals surface area contributed by atoms with Crippen LogP contribution in [0.2, 0.25) is 0 Å². The van der Waals surface area contributed by atoms with Crippen molar-refractivity contribution in [2.75, 3.05) is 12.3 Å². The molecule has 6 nitrogen and oxygen atoms in total. The maximum absolute atomic E-state index is 11.7. The van der Waals surface area contributed by atoms with Gasteiger partial charge in [-0.25, -0.2) is 19.7 Å². The summed E-state index contributed by atoms with van der Waals surface area (Å²) in [5.74, 6) is -0.0566. The minimum Gasteiger partial charge on any atom is -0.462 e. The van der Waals surface area contributed by atoms with Crippen molar-refractivity contribution in [1.29, 1.82) is 0 Å². The Hall–Kier alpha value is -3.02. The first kappa shape index (κ1) is 16.8. The van der Waals surface area contributed by atoms with Crippen molar-refractivity contribution in [2.45, 2.75) is 26.7 Å². The van der Waals surface area contributed by atoms with Gasteiger partial charge in [0.05, 0.1) is 29.1 Å². The maximum atomic E-state index is 11.7. The highest BCUT2D eigenvalue weighted by molar-refractivity contribution is 5.90. The van der Waals surface area contributed by atoms with E-state index >= 15 is 0 Å². The predicted octanol–water partition coefficient (Wildman–Crippen LogP) is 3.40. The summed E-state index contributed by atoms with van der Waals surface area (Å²) in [6.45, 7) is 4.23. The van der Waals surface area contributed by atoms with E-state index < -0.39 is 0 Å². The SMILES string of the molecule is CCCc1nc(N)nc2ccc(-c3ccc(C(=O)OCC)cc3)nc12. The second-order valence-electron chi connectivity index (χ2n) is 5.64. The molecular formula is C19H20N4O2. The normalized spacial score (nSPS) is 10.8. The van der Waals surface area contributed by atoms with Crippen molar-refractivity contribution >= 4 is 23.0 Å². The van der Waals surface area contributed by atoms with Gasteiger partial charge in [0.25, 0.3) is 0 Å². The number of pyridine rings is 1. The van der Waals surface area contributed by atoms with Crippen molar-refractivity contribution in [2.24, 2.45) is 0 Å². The van der Waals surface area contributed by atoms with Gasteiger partial charge in [-0.2, -0.15) is 0 Å². The number of ether oxygens (including phenoxy) is 1. The van der Waals surface area contributed by atoms with Crippen molar-refractivity contribution in [1.82, 2.24) is 15.0 Å². The van der Waals surface area contributed by atoms with E-state index in [0.29, 0.717) is 12.2 Å². The minimum absolute atomic E-state index is 0.268. The zero-order valence-electron chi connectivity index (χ0n) is 14.3. The number of hydrogen-bond donors (Lipinski definition) is 1. The highest BCUT2D eigenvalue weighted by Crippen LogP contribution is 2.23. The lowest BCUT2D eigenvalue weighted by atomic mass is 10.1. The van der Waals surface area contributed by atoms with Crippen LogP contribution in [0.25, 0.3) is 22.3 Å². The van der Waals surface area contributed by atoms with E-state index in [1.54, 1.807) is 19.1 Å². The Kier molecular flexibility index (Phi) is 4.88. The van der Waals surface area contributed by atoms with E-state index in [4.69, 9.17) is 15.5 Å². The Balaban J connectivity index is 2.00. The number of carbonyl (C=O) groups excluding carboxylic acids is 1. The summed E-state index contributed by atoms with van der Waals surface area (Å²) >= 11 is 0. The summed E-state index contributed by atoms with van der Waals surface area (Å²) in [5, 5.41) is 0. The third-order valence-corrected chi connectivity index (χ3v) is 3.81. The van der Waals surface area contributed by atoms with Crippen LogP contribution in [0.5, 0.6) is 0 Å². The number of aryl methyl sites for hydroxylation is 1. The molecule has 0 aliphatic heterocycles. The zero-order valence-corrected chi connectivity index (χ0v) is 14.3. The van der Waals surface area contributed by atoms with Gasteiger partial charge in [-0.05, 0) is 37.6 Å². The van der Waals surface area contributed by atoms with Crippen LogP contribution in [-0.4, -0.2) is 27.5 Å². The Morgan fingerprint density at radius 2 is 1.80 bits per heavy atom. The van der Waals surface area contributed by atoms with Gasteiger partial charge in [-0.3, -0.25) is 0 Å². The van der Waals surface area contributed by atoms with E-state index in [1.165, 1.54) is 0 Å². The van der Waals surface area contributed by atoms with Crippen LogP contribution in [0, 0.1) is 0 Å². The molecule has 0 spiro atoms. The molecule has 2 heterocycles. The number of fused-ring (bicyclic) bond motifs is 1. The number of anilines is 1. The largest absolute Gasteiger partial charge is 0.462 e. The van der Waals surface area contributed by atoms with E-state index in [0.717, 1.165) is 40.8 Å². The number of nitrogens with zero attached hydrogens (tertiary/aromatic N) is 3.